The molecule has 7 atom stereocenters. The van der Waals surface area contributed by atoms with Crippen LogP contribution < -0.4 is 0 Å². The molecule has 5 fully saturated rings. The van der Waals surface area contributed by atoms with Crippen LogP contribution in [0.15, 0.2) is 259 Å². The smallest absolute Gasteiger partial charge is 0.0782 e. The molecule has 10 nitrogen and oxygen atoms in total. The van der Waals surface area contributed by atoms with E-state index in [1.165, 1.54) is 130 Å². The summed E-state index contributed by atoms with van der Waals surface area (Å²) in [5.41, 5.74) is 16.5. The summed E-state index contributed by atoms with van der Waals surface area (Å²) in [6.45, 7) is 115. The molecule has 0 bridgehead atoms. The topological polar surface area (TPSA) is 44.4 Å². The molecule has 5 aliphatic heterocycles. The molecule has 5 rings (SSSR count). The highest BCUT2D eigenvalue weighted by atomic mass is 16.5. The first kappa shape index (κ1) is 107. The highest BCUT2D eigenvalue weighted by molar-refractivity contribution is 5.19. The van der Waals surface area contributed by atoms with Crippen LogP contribution in [-0.4, -0.2) is 222 Å². The Morgan fingerprint density at radius 3 is 0.829 bits per heavy atom. The predicted octanol–water partition coefficient (Wildman–Crippen LogP) is 23.7. The minimum atomic E-state index is 0.147. The zero-order valence-electron chi connectivity index (χ0n) is 74.6. The molecule has 10 heteroatoms. The second-order valence-electron chi connectivity index (χ2n) is 32.6. The second-order valence-corrected chi connectivity index (χ2v) is 32.6. The van der Waals surface area contributed by atoms with Gasteiger partial charge in [0.15, 0.2) is 0 Å². The fourth-order valence-corrected chi connectivity index (χ4v) is 14.4. The Hall–Kier alpha value is -5.86. The molecule has 5 saturated heterocycles. The SMILES string of the molecule is C=CC(=C)CCC(C(=C)C)N(C)C.C=CC(=C)CCC(C(=C)C)N1CCCC1.C=CC(=C)CCC(C(=C)C)N1CCCCC1.C=CC(=C)CCC(C(=C)C)N1CCCCCC1.C=CC(=C)CCC(C(=C)C)N1CCN(C)CC1.C=CC(=C)CCC(C(=C)C)N1CCOCC1.C=CC(=C)CCC(OCCCN(C)C)C(=C)C. The van der Waals surface area contributed by atoms with Crippen molar-refractivity contribution in [2.24, 2.45) is 0 Å². The standard InChI is InChI=1S/C16H27N.C15H26N2.C15H27NO.C15H25N.C14H23NO.C14H23N.C12H21N/c1-5-15(4)10-11-16(14(2)3)17-12-8-6-7-9-13-17;1-6-14(4)7-8-15(13(2)3)17-11-9-16(5)10-12-17;1-7-14(4)9-10-15(13(2)3)17-12-8-11-16(5)6;1-5-14(4)9-10-15(13(2)3)16-11-7-6-8-12-16;1-5-13(4)6-7-14(12(2)3)15-8-10-16-11-9-15;1-5-13(4)8-9-14(12(2)3)15-10-6-7-11-15;1-7-11(4)8-9-12(10(2)3)13(5)6/h5,16H,1-2,4,6-13H2,3H3;6,15H,1-2,4,7-12H2,3,5H3;7,15H,1-2,4,8-12H2,3,5-6H3;5,15H,1-2,4,6-12H2,3H3;5,14H,1-2,4,6-11H2,3H3;5,14H,1-2,4,6-11H2,3H3;7,12H,1-2,4,8-9H2,3,5-6H3. The van der Waals surface area contributed by atoms with Crippen molar-refractivity contribution in [3.05, 3.63) is 259 Å². The number of likely N-dealkylation sites (tertiary alicyclic amines) is 3. The van der Waals surface area contributed by atoms with E-state index in [9.17, 15) is 0 Å². The Labute approximate surface area is 688 Å². The zero-order chi connectivity index (χ0) is 84.4. The van der Waals surface area contributed by atoms with E-state index in [2.05, 4.69) is 254 Å². The van der Waals surface area contributed by atoms with Gasteiger partial charge in [-0.05, 0) is 264 Å². The highest BCUT2D eigenvalue weighted by Gasteiger charge is 2.26. The number of ether oxygens (including phenoxy) is 2. The first-order chi connectivity index (χ1) is 52.6. The molecule has 7 unspecified atom stereocenters. The Kier molecular flexibility index (Phi) is 63.2. The van der Waals surface area contributed by atoms with E-state index in [-0.39, 0.29) is 6.10 Å². The van der Waals surface area contributed by atoms with Gasteiger partial charge in [-0.25, -0.2) is 0 Å². The average Bonchev–Trinajstić information content (AvgIpc) is 1.76. The summed E-state index contributed by atoms with van der Waals surface area (Å²) in [4.78, 5) is 19.5. The van der Waals surface area contributed by atoms with Crippen LogP contribution >= 0.6 is 0 Å². The van der Waals surface area contributed by atoms with Gasteiger partial charge in [0.05, 0.1) is 19.3 Å². The second kappa shape index (κ2) is 65.4. The Morgan fingerprint density at radius 1 is 0.324 bits per heavy atom. The number of hydrogen-bond donors (Lipinski definition) is 0. The Bertz CT molecular complexity index is 2800. The predicted molar refractivity (Wildman–Crippen MR) is 501 cm³/mol. The molecule has 628 valence electrons. The number of hydrogen-bond acceptors (Lipinski definition) is 10. The molecule has 0 spiro atoms. The molecule has 0 amide bonds. The summed E-state index contributed by atoms with van der Waals surface area (Å²) in [5, 5.41) is 0. The molecule has 0 N–H and O–H groups in total. The quantitative estimate of drug-likeness (QED) is 0.0335. The third-order valence-electron chi connectivity index (χ3n) is 21.8. The van der Waals surface area contributed by atoms with Gasteiger partial charge in [-0.2, -0.15) is 0 Å². The van der Waals surface area contributed by atoms with Gasteiger partial charge in [0, 0.05) is 82.1 Å². The van der Waals surface area contributed by atoms with Crippen LogP contribution in [0.3, 0.4) is 0 Å². The van der Waals surface area contributed by atoms with Crippen molar-refractivity contribution in [2.45, 2.75) is 245 Å². The van der Waals surface area contributed by atoms with Gasteiger partial charge in [-0.1, -0.05) is 278 Å². The van der Waals surface area contributed by atoms with Gasteiger partial charge >= 0.3 is 0 Å². The van der Waals surface area contributed by atoms with Crippen LogP contribution in [0.4, 0.5) is 0 Å². The van der Waals surface area contributed by atoms with Crippen LogP contribution in [0.5, 0.6) is 0 Å². The lowest BCUT2D eigenvalue weighted by Gasteiger charge is -2.38. The molecule has 5 heterocycles. The van der Waals surface area contributed by atoms with Crippen LogP contribution in [0.25, 0.3) is 0 Å². The van der Waals surface area contributed by atoms with E-state index >= 15 is 0 Å². The molecule has 0 aromatic rings. The Balaban J connectivity index is 0. The van der Waals surface area contributed by atoms with Crippen molar-refractivity contribution in [3.8, 4) is 0 Å². The fourth-order valence-electron chi connectivity index (χ4n) is 14.4. The molecule has 0 saturated carbocycles. The first-order valence-corrected chi connectivity index (χ1v) is 42.2. The lowest BCUT2D eigenvalue weighted by atomic mass is 9.97. The van der Waals surface area contributed by atoms with Crippen LogP contribution in [-0.2, 0) is 9.47 Å². The normalized spacial score (nSPS) is 17.4. The molecule has 0 aromatic heterocycles. The summed E-state index contributed by atoms with van der Waals surface area (Å²) in [6.07, 6.45) is 41.0. The van der Waals surface area contributed by atoms with Gasteiger partial charge in [0.25, 0.3) is 0 Å². The van der Waals surface area contributed by atoms with E-state index in [0.717, 1.165) is 207 Å². The molecule has 0 aliphatic carbocycles. The fraction of sp³-hybridized carbons (Fsp3) is 0.584. The maximum atomic E-state index is 5.85. The van der Waals surface area contributed by atoms with Gasteiger partial charge in [0.1, 0.15) is 0 Å². The van der Waals surface area contributed by atoms with Crippen molar-refractivity contribution in [1.29, 1.82) is 0 Å². The molecule has 0 radical (unpaired) electrons. The first-order valence-electron chi connectivity index (χ1n) is 42.2. The van der Waals surface area contributed by atoms with E-state index in [1.807, 2.05) is 49.5 Å². The maximum absolute atomic E-state index is 5.85. The minimum absolute atomic E-state index is 0.147. The number of piperazine rings is 1. The number of nitrogens with zero attached hydrogens (tertiary/aromatic N) is 8. The number of morpholine rings is 1. The van der Waals surface area contributed by atoms with Crippen LogP contribution in [0.2, 0.25) is 0 Å². The summed E-state index contributed by atoms with van der Waals surface area (Å²) in [7, 11) is 10.5. The molecular weight excluding hydrogens is 1360 g/mol. The van der Waals surface area contributed by atoms with Crippen LogP contribution in [0.1, 0.15) is 203 Å². The van der Waals surface area contributed by atoms with Crippen molar-refractivity contribution in [2.75, 3.05) is 140 Å². The van der Waals surface area contributed by atoms with Crippen molar-refractivity contribution < 1.29 is 9.47 Å². The maximum Gasteiger partial charge on any atom is 0.0782 e. The van der Waals surface area contributed by atoms with Crippen molar-refractivity contribution in [3.63, 3.8) is 0 Å². The number of allylic oxidation sites excluding steroid dienone is 14. The lowest BCUT2D eigenvalue weighted by molar-refractivity contribution is 0.0223. The van der Waals surface area contributed by atoms with Gasteiger partial charge in [0.2, 0.25) is 0 Å². The van der Waals surface area contributed by atoms with Crippen molar-refractivity contribution in [1.82, 2.24) is 39.2 Å². The van der Waals surface area contributed by atoms with Gasteiger partial charge in [-0.3, -0.25) is 24.5 Å². The average molecular weight is 1530 g/mol. The van der Waals surface area contributed by atoms with E-state index in [4.69, 9.17) is 9.47 Å². The Morgan fingerprint density at radius 2 is 0.577 bits per heavy atom. The van der Waals surface area contributed by atoms with Gasteiger partial charge in [-0.15, -0.1) is 0 Å². The zero-order valence-corrected chi connectivity index (χ0v) is 74.6. The highest BCUT2D eigenvalue weighted by Crippen LogP contribution is 2.27. The third kappa shape index (κ3) is 52.3. The number of likely N-dealkylation sites (N-methyl/N-ethyl adjacent to an activating group) is 2. The summed E-state index contributed by atoms with van der Waals surface area (Å²) < 4.78 is 11.2. The largest absolute Gasteiger partial charge is 0.379 e. The lowest BCUT2D eigenvalue weighted by Crippen LogP contribution is -2.49. The van der Waals surface area contributed by atoms with Crippen molar-refractivity contribution >= 4 is 0 Å². The van der Waals surface area contributed by atoms with E-state index < -0.39 is 0 Å². The number of piperidine rings is 1. The minimum Gasteiger partial charge on any atom is -0.379 e. The monoisotopic (exact) mass is 1530 g/mol. The molecule has 0 aromatic carbocycles. The van der Waals surface area contributed by atoms with E-state index in [0.29, 0.717) is 36.3 Å². The third-order valence-corrected chi connectivity index (χ3v) is 21.8. The summed E-state index contributed by atoms with van der Waals surface area (Å²) >= 11 is 0. The number of rotatable bonds is 46. The molecular formula is C101H172N8O2. The van der Waals surface area contributed by atoms with Gasteiger partial charge < -0.3 is 24.2 Å². The van der Waals surface area contributed by atoms with Crippen LogP contribution in [0, 0.1) is 0 Å². The molecule has 111 heavy (non-hydrogen) atoms. The summed E-state index contributed by atoms with van der Waals surface area (Å²) in [5.74, 6) is 0. The molecule has 5 aliphatic rings. The van der Waals surface area contributed by atoms with E-state index in [1.54, 1.807) is 0 Å². The summed E-state index contributed by atoms with van der Waals surface area (Å²) in [6, 6.07) is 3.03.